The molecule has 3 nitrogen and oxygen atoms in total. The summed E-state index contributed by atoms with van der Waals surface area (Å²) < 4.78 is 13.0. The standard InChI is InChI=1S/C16H10ClFN2O/c17-13-8-14(9-1-4-11(18)5-2-9)20-15-7-10(16(19)21)3-6-12(13)15/h1-8H,(H2,19,21). The molecule has 0 aliphatic heterocycles. The molecule has 0 radical (unpaired) electrons. The highest BCUT2D eigenvalue weighted by Gasteiger charge is 2.09. The molecule has 2 aromatic carbocycles. The molecule has 0 saturated carbocycles. The van der Waals surface area contributed by atoms with Crippen LogP contribution in [0.3, 0.4) is 0 Å². The van der Waals surface area contributed by atoms with Crippen molar-refractivity contribution in [2.75, 3.05) is 0 Å². The van der Waals surface area contributed by atoms with Crippen molar-refractivity contribution in [3.63, 3.8) is 0 Å². The van der Waals surface area contributed by atoms with E-state index in [1.165, 1.54) is 12.1 Å². The molecule has 0 spiro atoms. The average molecular weight is 301 g/mol. The van der Waals surface area contributed by atoms with E-state index in [4.69, 9.17) is 17.3 Å². The van der Waals surface area contributed by atoms with Crippen LogP contribution in [-0.4, -0.2) is 10.9 Å². The zero-order chi connectivity index (χ0) is 15.0. The summed E-state index contributed by atoms with van der Waals surface area (Å²) in [6.45, 7) is 0. The van der Waals surface area contributed by atoms with Crippen LogP contribution in [0.2, 0.25) is 5.02 Å². The minimum atomic E-state index is -0.526. The Morgan fingerprint density at radius 1 is 1.10 bits per heavy atom. The Morgan fingerprint density at radius 2 is 1.81 bits per heavy atom. The van der Waals surface area contributed by atoms with Gasteiger partial charge in [-0.3, -0.25) is 4.79 Å². The number of hydrogen-bond donors (Lipinski definition) is 1. The van der Waals surface area contributed by atoms with Gasteiger partial charge in [0.25, 0.3) is 0 Å². The van der Waals surface area contributed by atoms with Crippen molar-refractivity contribution in [1.82, 2.24) is 4.98 Å². The summed E-state index contributed by atoms with van der Waals surface area (Å²) in [5.74, 6) is -0.844. The Hall–Kier alpha value is -2.46. The molecule has 1 amide bonds. The summed E-state index contributed by atoms with van der Waals surface area (Å²) in [6.07, 6.45) is 0. The second-order valence-corrected chi connectivity index (χ2v) is 5.00. The van der Waals surface area contributed by atoms with Gasteiger partial charge in [0.1, 0.15) is 5.82 Å². The van der Waals surface area contributed by atoms with Crippen molar-refractivity contribution in [3.05, 3.63) is 64.9 Å². The lowest BCUT2D eigenvalue weighted by Crippen LogP contribution is -2.10. The van der Waals surface area contributed by atoms with Crippen LogP contribution in [0.25, 0.3) is 22.2 Å². The summed E-state index contributed by atoms with van der Waals surface area (Å²) in [6, 6.07) is 12.6. The number of halogens is 2. The van der Waals surface area contributed by atoms with Crippen LogP contribution >= 0.6 is 11.6 Å². The Morgan fingerprint density at radius 3 is 2.48 bits per heavy atom. The first-order chi connectivity index (χ1) is 10.0. The van der Waals surface area contributed by atoms with E-state index in [9.17, 15) is 9.18 Å². The van der Waals surface area contributed by atoms with Gasteiger partial charge >= 0.3 is 0 Å². The van der Waals surface area contributed by atoms with Crippen molar-refractivity contribution in [2.45, 2.75) is 0 Å². The number of rotatable bonds is 2. The lowest BCUT2D eigenvalue weighted by Gasteiger charge is -2.07. The van der Waals surface area contributed by atoms with Gasteiger partial charge < -0.3 is 5.73 Å². The van der Waals surface area contributed by atoms with E-state index in [0.717, 1.165) is 10.9 Å². The fourth-order valence-electron chi connectivity index (χ4n) is 2.11. The lowest BCUT2D eigenvalue weighted by molar-refractivity contribution is 0.100. The largest absolute Gasteiger partial charge is 0.366 e. The topological polar surface area (TPSA) is 56.0 Å². The second-order valence-electron chi connectivity index (χ2n) is 4.59. The van der Waals surface area contributed by atoms with Gasteiger partial charge in [-0.25, -0.2) is 9.37 Å². The molecule has 0 atom stereocenters. The lowest BCUT2D eigenvalue weighted by atomic mass is 10.1. The molecule has 0 saturated heterocycles. The number of carbonyl (C=O) groups excluding carboxylic acids is 1. The van der Waals surface area contributed by atoms with Crippen LogP contribution in [0.4, 0.5) is 4.39 Å². The van der Waals surface area contributed by atoms with Crippen LogP contribution in [0, 0.1) is 5.82 Å². The maximum absolute atomic E-state index is 13.0. The molecular formula is C16H10ClFN2O. The fraction of sp³-hybridized carbons (Fsp3) is 0. The third-order valence-electron chi connectivity index (χ3n) is 3.18. The number of nitrogens with two attached hydrogens (primary N) is 1. The van der Waals surface area contributed by atoms with E-state index in [1.54, 1.807) is 36.4 Å². The first-order valence-corrected chi connectivity index (χ1v) is 6.58. The normalized spacial score (nSPS) is 10.8. The highest BCUT2D eigenvalue weighted by molar-refractivity contribution is 6.35. The molecule has 0 aliphatic rings. The monoisotopic (exact) mass is 300 g/mol. The average Bonchev–Trinajstić information content (AvgIpc) is 2.47. The first-order valence-electron chi connectivity index (χ1n) is 6.20. The van der Waals surface area contributed by atoms with Crippen molar-refractivity contribution >= 4 is 28.4 Å². The van der Waals surface area contributed by atoms with Gasteiger partial charge in [0, 0.05) is 16.5 Å². The Kier molecular flexibility index (Phi) is 3.31. The molecule has 1 heterocycles. The summed E-state index contributed by atoms with van der Waals surface area (Å²) in [5.41, 5.74) is 7.54. The maximum atomic E-state index is 13.0. The van der Waals surface area contributed by atoms with Gasteiger partial charge in [-0.2, -0.15) is 0 Å². The first kappa shape index (κ1) is 13.5. The van der Waals surface area contributed by atoms with Gasteiger partial charge in [0.15, 0.2) is 0 Å². The number of benzene rings is 2. The number of amides is 1. The zero-order valence-electron chi connectivity index (χ0n) is 10.8. The highest BCUT2D eigenvalue weighted by Crippen LogP contribution is 2.28. The fourth-order valence-corrected chi connectivity index (χ4v) is 2.37. The van der Waals surface area contributed by atoms with Gasteiger partial charge in [0.05, 0.1) is 16.2 Å². The van der Waals surface area contributed by atoms with Crippen LogP contribution in [0.5, 0.6) is 0 Å². The molecule has 3 rings (SSSR count). The molecule has 0 bridgehead atoms. The number of nitrogens with zero attached hydrogens (tertiary/aromatic N) is 1. The van der Waals surface area contributed by atoms with Crippen molar-refractivity contribution < 1.29 is 9.18 Å². The number of carbonyl (C=O) groups is 1. The predicted octanol–water partition coefficient (Wildman–Crippen LogP) is 3.79. The molecule has 21 heavy (non-hydrogen) atoms. The van der Waals surface area contributed by atoms with Crippen LogP contribution in [0.15, 0.2) is 48.5 Å². The summed E-state index contributed by atoms with van der Waals surface area (Å²) in [4.78, 5) is 15.7. The van der Waals surface area contributed by atoms with Crippen LogP contribution in [-0.2, 0) is 0 Å². The van der Waals surface area contributed by atoms with E-state index in [1.807, 2.05) is 0 Å². The molecule has 0 unspecified atom stereocenters. The Balaban J connectivity index is 2.20. The van der Waals surface area contributed by atoms with E-state index in [-0.39, 0.29) is 5.82 Å². The Bertz CT molecular complexity index is 847. The van der Waals surface area contributed by atoms with Crippen LogP contribution in [0.1, 0.15) is 10.4 Å². The van der Waals surface area contributed by atoms with Gasteiger partial charge in [-0.05, 0) is 42.5 Å². The third kappa shape index (κ3) is 2.58. The summed E-state index contributed by atoms with van der Waals surface area (Å²) >= 11 is 6.25. The molecule has 5 heteroatoms. The third-order valence-corrected chi connectivity index (χ3v) is 3.50. The number of hydrogen-bond acceptors (Lipinski definition) is 2. The van der Waals surface area contributed by atoms with Gasteiger partial charge in [-0.15, -0.1) is 0 Å². The summed E-state index contributed by atoms with van der Waals surface area (Å²) in [7, 11) is 0. The molecule has 1 aromatic heterocycles. The van der Waals surface area contributed by atoms with Crippen LogP contribution < -0.4 is 5.73 Å². The smallest absolute Gasteiger partial charge is 0.248 e. The van der Waals surface area contributed by atoms with E-state index < -0.39 is 5.91 Å². The minimum absolute atomic E-state index is 0.318. The Labute approximate surface area is 125 Å². The maximum Gasteiger partial charge on any atom is 0.248 e. The molecule has 3 aromatic rings. The van der Waals surface area contributed by atoms with Gasteiger partial charge in [0.2, 0.25) is 5.91 Å². The number of fused-ring (bicyclic) bond motifs is 1. The van der Waals surface area contributed by atoms with Crippen molar-refractivity contribution in [2.24, 2.45) is 5.73 Å². The van der Waals surface area contributed by atoms with Gasteiger partial charge in [-0.1, -0.05) is 17.7 Å². The van der Waals surface area contributed by atoms with Crippen molar-refractivity contribution in [3.8, 4) is 11.3 Å². The van der Waals surface area contributed by atoms with Crippen molar-refractivity contribution in [1.29, 1.82) is 0 Å². The summed E-state index contributed by atoms with van der Waals surface area (Å²) in [5, 5.41) is 1.24. The highest BCUT2D eigenvalue weighted by atomic mass is 35.5. The molecule has 104 valence electrons. The van der Waals surface area contributed by atoms with E-state index in [0.29, 0.717) is 21.8 Å². The minimum Gasteiger partial charge on any atom is -0.366 e. The number of aromatic nitrogens is 1. The number of primary amides is 1. The molecule has 0 aliphatic carbocycles. The second kappa shape index (κ2) is 5.14. The SMILES string of the molecule is NC(=O)c1ccc2c(Cl)cc(-c3ccc(F)cc3)nc2c1. The van der Waals surface area contributed by atoms with E-state index in [2.05, 4.69) is 4.98 Å². The molecule has 0 fully saturated rings. The molecular weight excluding hydrogens is 291 g/mol. The predicted molar refractivity (Wildman–Crippen MR) is 80.7 cm³/mol. The molecule has 2 N–H and O–H groups in total. The van der Waals surface area contributed by atoms with E-state index >= 15 is 0 Å². The zero-order valence-corrected chi connectivity index (χ0v) is 11.6. The number of pyridine rings is 1. The quantitative estimate of drug-likeness (QED) is 0.782.